The van der Waals surface area contributed by atoms with Gasteiger partial charge in [0.2, 0.25) is 5.88 Å². The Balaban J connectivity index is 2.10. The molecule has 0 saturated carbocycles. The highest BCUT2D eigenvalue weighted by Gasteiger charge is 2.64. The standard InChI is InChI=1S/C21H16N4O6/c1-22-17-15(25(29)30)21(14-18(27)23(2)20(28)24(3)19(14)31-17)12-9-5-7-10-6-4-8-11(13(10)12)16(21)26/h4-9,22H,1-3H3. The molecule has 0 fully saturated rings. The summed E-state index contributed by atoms with van der Waals surface area (Å²) in [7, 11) is 4.05. The minimum Gasteiger partial charge on any atom is -0.418 e. The lowest BCUT2D eigenvalue weighted by Gasteiger charge is -2.33. The molecule has 2 aromatic carbocycles. The topological polar surface area (TPSA) is 125 Å². The number of ketones is 1. The van der Waals surface area contributed by atoms with E-state index in [-0.39, 0.29) is 22.9 Å². The lowest BCUT2D eigenvalue weighted by Crippen LogP contribution is -2.52. The van der Waals surface area contributed by atoms with Crippen LogP contribution in [0.4, 0.5) is 0 Å². The molecule has 0 radical (unpaired) electrons. The van der Waals surface area contributed by atoms with Crippen LogP contribution in [0.2, 0.25) is 0 Å². The van der Waals surface area contributed by atoms with Crippen molar-refractivity contribution in [3.05, 3.63) is 95.6 Å². The molecule has 1 atom stereocenters. The van der Waals surface area contributed by atoms with Crippen LogP contribution in [0.25, 0.3) is 10.8 Å². The van der Waals surface area contributed by atoms with Crippen molar-refractivity contribution in [3.8, 4) is 5.88 Å². The molecule has 156 valence electrons. The van der Waals surface area contributed by atoms with E-state index in [9.17, 15) is 24.5 Å². The first kappa shape index (κ1) is 18.8. The molecule has 10 nitrogen and oxygen atoms in total. The quantitative estimate of drug-likeness (QED) is 0.480. The molecule has 1 aromatic heterocycles. The van der Waals surface area contributed by atoms with Crippen molar-refractivity contribution < 1.29 is 14.5 Å². The van der Waals surface area contributed by atoms with E-state index in [1.54, 1.807) is 36.4 Å². The highest BCUT2D eigenvalue weighted by atomic mass is 16.6. The van der Waals surface area contributed by atoms with Gasteiger partial charge in [-0.25, -0.2) is 4.79 Å². The molecule has 2 aliphatic rings. The summed E-state index contributed by atoms with van der Waals surface area (Å²) in [6.45, 7) is 0. The molecule has 2 heterocycles. The van der Waals surface area contributed by atoms with Crippen LogP contribution in [-0.2, 0) is 19.5 Å². The molecule has 0 bridgehead atoms. The van der Waals surface area contributed by atoms with Crippen molar-refractivity contribution in [2.24, 2.45) is 14.1 Å². The summed E-state index contributed by atoms with van der Waals surface area (Å²) in [5.41, 5.74) is -3.84. The number of nitro groups is 1. The van der Waals surface area contributed by atoms with Crippen molar-refractivity contribution in [2.75, 3.05) is 7.05 Å². The number of ether oxygens (including phenoxy) is 1. The van der Waals surface area contributed by atoms with Gasteiger partial charge >= 0.3 is 11.4 Å². The van der Waals surface area contributed by atoms with Crippen LogP contribution in [-0.4, -0.2) is 26.9 Å². The van der Waals surface area contributed by atoms with E-state index in [1.807, 2.05) is 0 Å². The number of hydrogen-bond acceptors (Lipinski definition) is 7. The Kier molecular flexibility index (Phi) is 3.58. The number of fused-ring (bicyclic) bond motifs is 3. The van der Waals surface area contributed by atoms with Crippen LogP contribution in [0.5, 0.6) is 5.88 Å². The zero-order valence-electron chi connectivity index (χ0n) is 16.8. The summed E-state index contributed by atoms with van der Waals surface area (Å²) in [5.74, 6) is -1.13. The fourth-order valence-corrected chi connectivity index (χ4v) is 4.74. The lowest BCUT2D eigenvalue weighted by molar-refractivity contribution is -0.436. The lowest BCUT2D eigenvalue weighted by atomic mass is 9.71. The van der Waals surface area contributed by atoms with Crippen molar-refractivity contribution in [1.82, 2.24) is 14.5 Å². The molecule has 0 saturated heterocycles. The van der Waals surface area contributed by atoms with Crippen molar-refractivity contribution in [3.63, 3.8) is 0 Å². The van der Waals surface area contributed by atoms with E-state index in [0.29, 0.717) is 16.3 Å². The molecule has 1 aliphatic heterocycles. The molecular weight excluding hydrogens is 404 g/mol. The third-order valence-electron chi connectivity index (χ3n) is 6.06. The van der Waals surface area contributed by atoms with Crippen molar-refractivity contribution in [1.29, 1.82) is 0 Å². The van der Waals surface area contributed by atoms with Crippen LogP contribution < -0.4 is 21.3 Å². The van der Waals surface area contributed by atoms with Crippen LogP contribution in [0.3, 0.4) is 0 Å². The van der Waals surface area contributed by atoms with E-state index >= 15 is 0 Å². The fourth-order valence-electron chi connectivity index (χ4n) is 4.74. The number of Topliss-reactive ketones (excluding diaryl/α,β-unsaturated/α-hetero) is 1. The highest BCUT2D eigenvalue weighted by Crippen LogP contribution is 2.54. The summed E-state index contributed by atoms with van der Waals surface area (Å²) in [4.78, 5) is 51.6. The average molecular weight is 420 g/mol. The van der Waals surface area contributed by atoms with Gasteiger partial charge in [-0.2, -0.15) is 0 Å². The normalized spacial score (nSPS) is 19.0. The second-order valence-electron chi connectivity index (χ2n) is 7.46. The maximum atomic E-state index is 14.0. The number of benzene rings is 2. The summed E-state index contributed by atoms with van der Waals surface area (Å²) >= 11 is 0. The van der Waals surface area contributed by atoms with Gasteiger partial charge in [-0.05, 0) is 16.3 Å². The smallest absolute Gasteiger partial charge is 0.333 e. The Labute approximate surface area is 174 Å². The molecule has 1 unspecified atom stereocenters. The molecule has 1 spiro atoms. The Morgan fingerprint density at radius 1 is 1.06 bits per heavy atom. The van der Waals surface area contributed by atoms with Crippen molar-refractivity contribution in [2.45, 2.75) is 5.41 Å². The predicted molar refractivity (Wildman–Crippen MR) is 110 cm³/mol. The van der Waals surface area contributed by atoms with Crippen molar-refractivity contribution >= 4 is 16.6 Å². The van der Waals surface area contributed by atoms with Gasteiger partial charge in [0.05, 0.1) is 4.92 Å². The minimum absolute atomic E-state index is 0.207. The first-order valence-corrected chi connectivity index (χ1v) is 9.39. The minimum atomic E-state index is -2.07. The fraction of sp³-hybridized carbons (Fsp3) is 0.190. The van der Waals surface area contributed by atoms with Crippen LogP contribution in [0, 0.1) is 10.1 Å². The molecular formula is C21H16N4O6. The van der Waals surface area contributed by atoms with Gasteiger partial charge < -0.3 is 10.1 Å². The number of rotatable bonds is 2. The van der Waals surface area contributed by atoms with Crippen LogP contribution in [0.15, 0.2) is 57.6 Å². The van der Waals surface area contributed by atoms with E-state index in [4.69, 9.17) is 4.74 Å². The van der Waals surface area contributed by atoms with E-state index in [2.05, 4.69) is 5.32 Å². The van der Waals surface area contributed by atoms with Crippen LogP contribution in [0.1, 0.15) is 21.5 Å². The zero-order valence-corrected chi connectivity index (χ0v) is 16.8. The Bertz CT molecular complexity index is 1510. The second-order valence-corrected chi connectivity index (χ2v) is 7.46. The Morgan fingerprint density at radius 3 is 2.39 bits per heavy atom. The Hall–Kier alpha value is -4.21. The Morgan fingerprint density at radius 2 is 1.74 bits per heavy atom. The average Bonchev–Trinajstić information content (AvgIpc) is 3.00. The van der Waals surface area contributed by atoms with Gasteiger partial charge in [0.25, 0.3) is 11.4 Å². The SMILES string of the molecule is CNC1=C([N+](=O)[O-])C2(C(=O)c3cccc4cccc2c34)c2c(n(C)c(=O)n(C)c2=O)O1. The molecule has 5 rings (SSSR count). The van der Waals surface area contributed by atoms with Gasteiger partial charge in [0.15, 0.2) is 11.2 Å². The molecule has 0 amide bonds. The summed E-state index contributed by atoms with van der Waals surface area (Å²) in [6.07, 6.45) is 0. The number of carbonyl (C=O) groups is 1. The van der Waals surface area contributed by atoms with Gasteiger partial charge in [0.1, 0.15) is 5.56 Å². The maximum absolute atomic E-state index is 14.0. The maximum Gasteiger partial charge on any atom is 0.333 e. The highest BCUT2D eigenvalue weighted by molar-refractivity contribution is 6.23. The van der Waals surface area contributed by atoms with E-state index < -0.39 is 33.1 Å². The largest absolute Gasteiger partial charge is 0.418 e. The monoisotopic (exact) mass is 420 g/mol. The molecule has 1 N–H and O–H groups in total. The van der Waals surface area contributed by atoms with Gasteiger partial charge in [0, 0.05) is 26.7 Å². The molecule has 3 aromatic rings. The zero-order chi connectivity index (χ0) is 22.2. The number of nitrogens with one attached hydrogen (secondary N) is 1. The number of allylic oxidation sites excluding steroid dienone is 1. The van der Waals surface area contributed by atoms with E-state index in [1.165, 1.54) is 21.1 Å². The van der Waals surface area contributed by atoms with Crippen LogP contribution >= 0.6 is 0 Å². The predicted octanol–water partition coefficient (Wildman–Crippen LogP) is 0.777. The third kappa shape index (κ3) is 1.98. The summed E-state index contributed by atoms with van der Waals surface area (Å²) in [5, 5.41) is 16.2. The molecule has 31 heavy (non-hydrogen) atoms. The molecule has 1 aliphatic carbocycles. The summed E-state index contributed by atoms with van der Waals surface area (Å²) < 4.78 is 7.55. The summed E-state index contributed by atoms with van der Waals surface area (Å²) in [6, 6.07) is 10.1. The number of hydrogen-bond donors (Lipinski definition) is 1. The van der Waals surface area contributed by atoms with Gasteiger partial charge in [-0.15, -0.1) is 0 Å². The first-order valence-electron chi connectivity index (χ1n) is 9.39. The molecule has 10 heteroatoms. The second kappa shape index (κ2) is 5.91. The van der Waals surface area contributed by atoms with E-state index in [0.717, 1.165) is 9.13 Å². The van der Waals surface area contributed by atoms with Gasteiger partial charge in [-0.3, -0.25) is 28.8 Å². The number of nitrogens with zero attached hydrogens (tertiary/aromatic N) is 3. The number of carbonyl (C=O) groups excluding carboxylic acids is 1. The third-order valence-corrected chi connectivity index (χ3v) is 6.06. The first-order chi connectivity index (χ1) is 14.8. The number of aromatic nitrogens is 2. The van der Waals surface area contributed by atoms with Gasteiger partial charge in [-0.1, -0.05) is 36.4 Å².